The molecule has 1 heterocycles. The SMILES string of the molecule is O=C(Nc1ccccc1C(=O)Nc1nnc(-c2ccc([N+](=O)[O-])cc2)s1)c1cccc(Cl)c1. The predicted octanol–water partition coefficient (Wildman–Crippen LogP) is 5.27. The number of carbonyl (C=O) groups excluding carboxylic acids is 2. The highest BCUT2D eigenvalue weighted by atomic mass is 35.5. The van der Waals surface area contributed by atoms with Gasteiger partial charge in [0.05, 0.1) is 16.2 Å². The van der Waals surface area contributed by atoms with Gasteiger partial charge in [-0.15, -0.1) is 10.2 Å². The molecule has 4 aromatic rings. The van der Waals surface area contributed by atoms with Crippen molar-refractivity contribution in [3.05, 3.63) is 99.1 Å². The van der Waals surface area contributed by atoms with Crippen LogP contribution >= 0.6 is 22.9 Å². The van der Waals surface area contributed by atoms with Crippen LogP contribution in [0.1, 0.15) is 20.7 Å². The molecular weight excluding hydrogens is 466 g/mol. The van der Waals surface area contributed by atoms with Crippen LogP contribution < -0.4 is 10.6 Å². The molecule has 0 atom stereocenters. The lowest BCUT2D eigenvalue weighted by atomic mass is 10.1. The standard InChI is InChI=1S/C22H14ClN5O4S/c23-15-5-3-4-14(12-15)19(29)24-18-7-2-1-6-17(18)20(30)25-22-27-26-21(33-22)13-8-10-16(11-9-13)28(31)32/h1-12H,(H,24,29)(H,25,27,30). The van der Waals surface area contributed by atoms with Crippen molar-refractivity contribution in [2.75, 3.05) is 10.6 Å². The molecule has 0 saturated heterocycles. The monoisotopic (exact) mass is 479 g/mol. The number of anilines is 2. The van der Waals surface area contributed by atoms with Crippen molar-refractivity contribution in [3.8, 4) is 10.6 Å². The van der Waals surface area contributed by atoms with Crippen LogP contribution in [0.25, 0.3) is 10.6 Å². The number of hydrogen-bond acceptors (Lipinski definition) is 7. The maximum Gasteiger partial charge on any atom is 0.269 e. The highest BCUT2D eigenvalue weighted by Gasteiger charge is 2.17. The van der Waals surface area contributed by atoms with Gasteiger partial charge in [-0.3, -0.25) is 25.0 Å². The van der Waals surface area contributed by atoms with Crippen LogP contribution in [0.2, 0.25) is 5.02 Å². The quantitative estimate of drug-likeness (QED) is 0.286. The maximum atomic E-state index is 12.9. The van der Waals surface area contributed by atoms with Crippen molar-refractivity contribution < 1.29 is 14.5 Å². The van der Waals surface area contributed by atoms with E-state index in [1.54, 1.807) is 54.6 Å². The van der Waals surface area contributed by atoms with Crippen LogP contribution in [0, 0.1) is 10.1 Å². The zero-order valence-corrected chi connectivity index (χ0v) is 18.3. The fraction of sp³-hybridized carbons (Fsp3) is 0. The molecular formula is C22H14ClN5O4S. The van der Waals surface area contributed by atoms with E-state index in [1.165, 1.54) is 18.2 Å². The van der Waals surface area contributed by atoms with Crippen molar-refractivity contribution in [1.82, 2.24) is 10.2 Å². The molecule has 0 spiro atoms. The zero-order valence-electron chi connectivity index (χ0n) is 16.7. The summed E-state index contributed by atoms with van der Waals surface area (Å²) in [6, 6.07) is 18.9. The van der Waals surface area contributed by atoms with E-state index in [1.807, 2.05) is 0 Å². The van der Waals surface area contributed by atoms with Gasteiger partial charge in [-0.25, -0.2) is 0 Å². The number of nitro benzene ring substituents is 1. The van der Waals surface area contributed by atoms with Crippen molar-refractivity contribution in [2.45, 2.75) is 0 Å². The molecule has 3 aromatic carbocycles. The summed E-state index contributed by atoms with van der Waals surface area (Å²) in [6.07, 6.45) is 0. The average Bonchev–Trinajstić information content (AvgIpc) is 3.28. The molecule has 0 radical (unpaired) electrons. The van der Waals surface area contributed by atoms with Crippen LogP contribution in [0.4, 0.5) is 16.5 Å². The van der Waals surface area contributed by atoms with Crippen LogP contribution in [-0.4, -0.2) is 26.9 Å². The first-order chi connectivity index (χ1) is 15.9. The Labute approximate surface area is 196 Å². The van der Waals surface area contributed by atoms with Gasteiger partial charge in [0.15, 0.2) is 0 Å². The second-order valence-electron chi connectivity index (χ2n) is 6.68. The van der Waals surface area contributed by atoms with E-state index in [9.17, 15) is 19.7 Å². The van der Waals surface area contributed by atoms with E-state index in [0.29, 0.717) is 26.8 Å². The largest absolute Gasteiger partial charge is 0.321 e. The summed E-state index contributed by atoms with van der Waals surface area (Å²) >= 11 is 7.06. The minimum Gasteiger partial charge on any atom is -0.321 e. The van der Waals surface area contributed by atoms with E-state index < -0.39 is 16.7 Å². The summed E-state index contributed by atoms with van der Waals surface area (Å²) in [5, 5.41) is 25.3. The molecule has 0 bridgehead atoms. The van der Waals surface area contributed by atoms with E-state index in [-0.39, 0.29) is 16.4 Å². The predicted molar refractivity (Wildman–Crippen MR) is 126 cm³/mol. The number of nitro groups is 1. The number of aromatic nitrogens is 2. The third kappa shape index (κ3) is 5.20. The Morgan fingerprint density at radius 1 is 0.909 bits per heavy atom. The molecule has 2 N–H and O–H groups in total. The number of nitrogens with one attached hydrogen (secondary N) is 2. The minimum atomic E-state index is -0.488. The number of benzene rings is 3. The Bertz CT molecular complexity index is 1360. The number of rotatable bonds is 6. The third-order valence-electron chi connectivity index (χ3n) is 4.48. The van der Waals surface area contributed by atoms with Gasteiger partial charge in [0, 0.05) is 28.3 Å². The molecule has 1 aromatic heterocycles. The summed E-state index contributed by atoms with van der Waals surface area (Å²) < 4.78 is 0. The first kappa shape index (κ1) is 22.1. The lowest BCUT2D eigenvalue weighted by Gasteiger charge is -2.10. The van der Waals surface area contributed by atoms with Gasteiger partial charge >= 0.3 is 0 Å². The molecule has 9 nitrogen and oxygen atoms in total. The number of para-hydroxylation sites is 1. The number of amides is 2. The van der Waals surface area contributed by atoms with Crippen LogP contribution in [0.3, 0.4) is 0 Å². The summed E-state index contributed by atoms with van der Waals surface area (Å²) in [5.74, 6) is -0.891. The van der Waals surface area contributed by atoms with Crippen LogP contribution in [0.5, 0.6) is 0 Å². The minimum absolute atomic E-state index is 0.0341. The molecule has 0 aliphatic rings. The second kappa shape index (κ2) is 9.55. The number of halogens is 1. The molecule has 4 rings (SSSR count). The van der Waals surface area contributed by atoms with Crippen molar-refractivity contribution in [1.29, 1.82) is 0 Å². The summed E-state index contributed by atoms with van der Waals surface area (Å²) in [5.41, 5.74) is 1.51. The van der Waals surface area contributed by atoms with Gasteiger partial charge in [0.1, 0.15) is 5.01 Å². The van der Waals surface area contributed by atoms with Gasteiger partial charge in [0.25, 0.3) is 17.5 Å². The normalized spacial score (nSPS) is 10.5. The molecule has 0 aliphatic carbocycles. The van der Waals surface area contributed by atoms with E-state index in [0.717, 1.165) is 11.3 Å². The van der Waals surface area contributed by atoms with E-state index in [2.05, 4.69) is 20.8 Å². The lowest BCUT2D eigenvalue weighted by Crippen LogP contribution is -2.18. The molecule has 2 amide bonds. The number of non-ortho nitro benzene ring substituents is 1. The summed E-state index contributed by atoms with van der Waals surface area (Å²) in [4.78, 5) is 35.7. The number of nitrogens with zero attached hydrogens (tertiary/aromatic N) is 3. The Kier molecular flexibility index (Phi) is 6.38. The smallest absolute Gasteiger partial charge is 0.269 e. The van der Waals surface area contributed by atoms with Gasteiger partial charge in [-0.1, -0.05) is 41.1 Å². The molecule has 164 valence electrons. The topological polar surface area (TPSA) is 127 Å². The Morgan fingerprint density at radius 2 is 1.67 bits per heavy atom. The first-order valence-corrected chi connectivity index (χ1v) is 10.7. The molecule has 0 saturated carbocycles. The molecule has 0 aliphatic heterocycles. The lowest BCUT2D eigenvalue weighted by molar-refractivity contribution is -0.384. The summed E-state index contributed by atoms with van der Waals surface area (Å²) in [7, 11) is 0. The fourth-order valence-electron chi connectivity index (χ4n) is 2.89. The molecule has 0 fully saturated rings. The first-order valence-electron chi connectivity index (χ1n) is 9.46. The van der Waals surface area contributed by atoms with Crippen molar-refractivity contribution in [2.24, 2.45) is 0 Å². The van der Waals surface area contributed by atoms with Gasteiger partial charge in [-0.05, 0) is 42.5 Å². The Balaban J connectivity index is 1.49. The average molecular weight is 480 g/mol. The Morgan fingerprint density at radius 3 is 2.39 bits per heavy atom. The van der Waals surface area contributed by atoms with E-state index in [4.69, 9.17) is 11.6 Å². The second-order valence-corrected chi connectivity index (χ2v) is 8.09. The van der Waals surface area contributed by atoms with Crippen molar-refractivity contribution >= 4 is 51.3 Å². The molecule has 0 unspecified atom stereocenters. The fourth-order valence-corrected chi connectivity index (χ4v) is 3.83. The van der Waals surface area contributed by atoms with E-state index >= 15 is 0 Å². The highest BCUT2D eigenvalue weighted by Crippen LogP contribution is 2.28. The van der Waals surface area contributed by atoms with Crippen LogP contribution in [0.15, 0.2) is 72.8 Å². The third-order valence-corrected chi connectivity index (χ3v) is 5.60. The zero-order chi connectivity index (χ0) is 23.4. The Hall–Kier alpha value is -4.15. The molecule has 33 heavy (non-hydrogen) atoms. The number of carbonyl (C=O) groups is 2. The van der Waals surface area contributed by atoms with Gasteiger partial charge in [-0.2, -0.15) is 0 Å². The number of hydrogen-bond donors (Lipinski definition) is 2. The highest BCUT2D eigenvalue weighted by molar-refractivity contribution is 7.18. The van der Waals surface area contributed by atoms with Gasteiger partial charge < -0.3 is 5.32 Å². The van der Waals surface area contributed by atoms with Gasteiger partial charge in [0.2, 0.25) is 5.13 Å². The summed E-state index contributed by atoms with van der Waals surface area (Å²) in [6.45, 7) is 0. The van der Waals surface area contributed by atoms with Crippen molar-refractivity contribution in [3.63, 3.8) is 0 Å². The van der Waals surface area contributed by atoms with Crippen LogP contribution in [-0.2, 0) is 0 Å². The molecule has 11 heteroatoms. The maximum absolute atomic E-state index is 12.9.